The Morgan fingerprint density at radius 2 is 1.83 bits per heavy atom. The molecule has 6 nitrogen and oxygen atoms in total. The largest absolute Gasteiger partial charge is 0.473 e. The zero-order chi connectivity index (χ0) is 13.9. The predicted octanol–water partition coefficient (Wildman–Crippen LogP) is 3.27. The molecule has 0 aliphatic carbocycles. The molecule has 98 valence electrons. The fourth-order valence-electron chi connectivity index (χ4n) is 1.15. The minimum absolute atomic E-state index is 0.0821. The highest BCUT2D eigenvalue weighted by Crippen LogP contribution is 2.20. The number of amides is 1. The van der Waals surface area contributed by atoms with Crippen molar-refractivity contribution in [3.05, 3.63) is 39.4 Å². The van der Waals surface area contributed by atoms with Crippen molar-refractivity contribution in [1.82, 2.24) is 0 Å². The van der Waals surface area contributed by atoms with Crippen molar-refractivity contribution in [1.29, 1.82) is 0 Å². The molecule has 1 aromatic rings. The molecular formula is C11H13ClN2O4. The average molecular weight is 273 g/mol. The first-order valence-corrected chi connectivity index (χ1v) is 5.51. The molecule has 0 heterocycles. The van der Waals surface area contributed by atoms with Gasteiger partial charge >= 0.3 is 6.09 Å². The molecule has 0 aliphatic heterocycles. The molecule has 1 rings (SSSR count). The van der Waals surface area contributed by atoms with E-state index in [1.54, 1.807) is 20.8 Å². The summed E-state index contributed by atoms with van der Waals surface area (Å²) < 4.78 is 4.96. The van der Waals surface area contributed by atoms with Gasteiger partial charge in [0, 0.05) is 10.0 Å². The lowest BCUT2D eigenvalue weighted by atomic mass is 10.2. The maximum absolute atomic E-state index is 11.7. The Morgan fingerprint density at radius 3 is 2.22 bits per heavy atom. The molecule has 0 atom stereocenters. The summed E-state index contributed by atoms with van der Waals surface area (Å²) in [6.07, 6.45) is -1.05. The number of nitrogens with zero attached hydrogens (tertiary/aromatic N) is 2. The molecule has 0 aliphatic rings. The number of halogens is 1. The van der Waals surface area contributed by atoms with Crippen LogP contribution < -0.4 is 5.01 Å². The quantitative estimate of drug-likeness (QED) is 0.612. The smallest absolute Gasteiger partial charge is 0.440 e. The van der Waals surface area contributed by atoms with Gasteiger partial charge in [0.25, 0.3) is 0 Å². The van der Waals surface area contributed by atoms with Gasteiger partial charge in [-0.15, -0.1) is 0 Å². The van der Waals surface area contributed by atoms with Crippen molar-refractivity contribution in [3.8, 4) is 0 Å². The molecule has 0 aromatic heterocycles. The van der Waals surface area contributed by atoms with Gasteiger partial charge in [0.1, 0.15) is 11.3 Å². The number of hydrazine groups is 1. The van der Waals surface area contributed by atoms with Crippen LogP contribution in [-0.2, 0) is 4.74 Å². The summed E-state index contributed by atoms with van der Waals surface area (Å²) in [6, 6.07) is 5.65. The lowest BCUT2D eigenvalue weighted by molar-refractivity contribution is -0.484. The molecule has 1 aromatic carbocycles. The Labute approximate surface area is 109 Å². The van der Waals surface area contributed by atoms with E-state index in [9.17, 15) is 14.9 Å². The number of carbonyl (C=O) groups is 1. The second-order valence-corrected chi connectivity index (χ2v) is 4.94. The van der Waals surface area contributed by atoms with E-state index in [-0.39, 0.29) is 5.69 Å². The molecule has 0 N–H and O–H groups in total. The fraction of sp³-hybridized carbons (Fsp3) is 0.364. The highest BCUT2D eigenvalue weighted by atomic mass is 35.5. The van der Waals surface area contributed by atoms with E-state index in [1.165, 1.54) is 24.3 Å². The fourth-order valence-corrected chi connectivity index (χ4v) is 1.28. The third kappa shape index (κ3) is 3.89. The Hall–Kier alpha value is -1.82. The van der Waals surface area contributed by atoms with E-state index in [0.29, 0.717) is 10.0 Å². The van der Waals surface area contributed by atoms with Crippen molar-refractivity contribution in [2.24, 2.45) is 0 Å². The predicted molar refractivity (Wildman–Crippen MR) is 67.2 cm³/mol. The van der Waals surface area contributed by atoms with Gasteiger partial charge in [-0.1, -0.05) is 11.6 Å². The number of anilines is 1. The summed E-state index contributed by atoms with van der Waals surface area (Å²) in [5.74, 6) is 0. The zero-order valence-electron chi connectivity index (χ0n) is 10.2. The van der Waals surface area contributed by atoms with Crippen LogP contribution in [0.3, 0.4) is 0 Å². The SMILES string of the molecule is CC(C)(C)OC(=O)N(c1ccc(Cl)cc1)[N+](=O)[O-]. The van der Waals surface area contributed by atoms with Crippen LogP contribution in [0.25, 0.3) is 0 Å². The minimum atomic E-state index is -1.05. The normalized spacial score (nSPS) is 10.9. The third-order valence-corrected chi connectivity index (χ3v) is 2.05. The molecule has 7 heteroatoms. The molecule has 1 amide bonds. The lowest BCUT2D eigenvalue weighted by Gasteiger charge is -2.21. The highest BCUT2D eigenvalue weighted by molar-refractivity contribution is 6.30. The molecule has 0 saturated carbocycles. The van der Waals surface area contributed by atoms with Crippen LogP contribution in [0.5, 0.6) is 0 Å². The van der Waals surface area contributed by atoms with Crippen molar-refractivity contribution in [2.45, 2.75) is 26.4 Å². The first-order valence-electron chi connectivity index (χ1n) is 5.14. The van der Waals surface area contributed by atoms with Crippen molar-refractivity contribution >= 4 is 23.4 Å². The highest BCUT2D eigenvalue weighted by Gasteiger charge is 2.31. The summed E-state index contributed by atoms with van der Waals surface area (Å²) in [5.41, 5.74) is -0.726. The number of benzene rings is 1. The Morgan fingerprint density at radius 1 is 1.33 bits per heavy atom. The van der Waals surface area contributed by atoms with E-state index in [4.69, 9.17) is 16.3 Å². The maximum Gasteiger partial charge on any atom is 0.473 e. The van der Waals surface area contributed by atoms with Crippen LogP contribution in [0, 0.1) is 10.1 Å². The van der Waals surface area contributed by atoms with Crippen LogP contribution in [-0.4, -0.2) is 16.7 Å². The van der Waals surface area contributed by atoms with E-state index < -0.39 is 16.7 Å². The molecule has 0 fully saturated rings. The van der Waals surface area contributed by atoms with Gasteiger partial charge in [-0.2, -0.15) is 0 Å². The molecular weight excluding hydrogens is 260 g/mol. The Kier molecular flexibility index (Phi) is 4.13. The third-order valence-electron chi connectivity index (χ3n) is 1.80. The Balaban J connectivity index is 3.00. The molecule has 0 spiro atoms. The van der Waals surface area contributed by atoms with Crippen LogP contribution in [0.4, 0.5) is 10.5 Å². The first kappa shape index (κ1) is 14.2. The maximum atomic E-state index is 11.7. The topological polar surface area (TPSA) is 72.7 Å². The number of hydrogen-bond acceptors (Lipinski definition) is 4. The van der Waals surface area contributed by atoms with Crippen LogP contribution in [0.1, 0.15) is 20.8 Å². The Bertz CT molecular complexity index is 453. The van der Waals surface area contributed by atoms with E-state index >= 15 is 0 Å². The van der Waals surface area contributed by atoms with Gasteiger partial charge < -0.3 is 4.74 Å². The molecule has 0 bridgehead atoms. The summed E-state index contributed by atoms with van der Waals surface area (Å²) >= 11 is 5.68. The van der Waals surface area contributed by atoms with Crippen LogP contribution in [0.15, 0.2) is 24.3 Å². The van der Waals surface area contributed by atoms with Gasteiger partial charge in [-0.3, -0.25) is 0 Å². The first-order chi connectivity index (χ1) is 8.20. The number of ether oxygens (including phenoxy) is 1. The summed E-state index contributed by atoms with van der Waals surface area (Å²) in [4.78, 5) is 22.6. The zero-order valence-corrected chi connectivity index (χ0v) is 11.0. The molecule has 0 saturated heterocycles. The molecule has 0 radical (unpaired) electrons. The van der Waals surface area contributed by atoms with E-state index in [1.807, 2.05) is 0 Å². The van der Waals surface area contributed by atoms with Gasteiger partial charge in [0.05, 0.1) is 0 Å². The number of carbonyl (C=O) groups excluding carboxylic acids is 1. The second-order valence-electron chi connectivity index (χ2n) is 4.51. The average Bonchev–Trinajstić information content (AvgIpc) is 2.18. The molecule has 18 heavy (non-hydrogen) atoms. The van der Waals surface area contributed by atoms with Gasteiger partial charge in [0.2, 0.25) is 0 Å². The number of nitro groups is 1. The standard InChI is InChI=1S/C11H13ClN2O4/c1-11(2,3)18-10(15)13(14(16)17)9-6-4-8(12)5-7-9/h4-7H,1-3H3. The second kappa shape index (κ2) is 5.22. The summed E-state index contributed by atoms with van der Waals surface area (Å²) in [7, 11) is 0. The monoisotopic (exact) mass is 272 g/mol. The number of rotatable bonds is 2. The van der Waals surface area contributed by atoms with Crippen molar-refractivity contribution in [2.75, 3.05) is 5.01 Å². The van der Waals surface area contributed by atoms with Gasteiger partial charge in [-0.25, -0.2) is 14.9 Å². The van der Waals surface area contributed by atoms with Gasteiger partial charge in [0.15, 0.2) is 5.03 Å². The lowest BCUT2D eigenvalue weighted by Crippen LogP contribution is -2.40. The summed E-state index contributed by atoms with van der Waals surface area (Å²) in [5, 5.41) is 10.8. The minimum Gasteiger partial charge on any atom is -0.440 e. The van der Waals surface area contributed by atoms with Crippen LogP contribution >= 0.6 is 11.6 Å². The molecule has 0 unspecified atom stereocenters. The summed E-state index contributed by atoms with van der Waals surface area (Å²) in [6.45, 7) is 4.89. The van der Waals surface area contributed by atoms with Crippen molar-refractivity contribution in [3.63, 3.8) is 0 Å². The van der Waals surface area contributed by atoms with E-state index in [2.05, 4.69) is 0 Å². The van der Waals surface area contributed by atoms with Crippen LogP contribution in [0.2, 0.25) is 5.02 Å². The van der Waals surface area contributed by atoms with E-state index in [0.717, 1.165) is 0 Å². The number of hydrogen-bond donors (Lipinski definition) is 0. The van der Waals surface area contributed by atoms with Gasteiger partial charge in [-0.05, 0) is 45.0 Å². The van der Waals surface area contributed by atoms with Crippen molar-refractivity contribution < 1.29 is 14.6 Å².